The van der Waals surface area contributed by atoms with Gasteiger partial charge in [-0.3, -0.25) is 0 Å². The van der Waals surface area contributed by atoms with Gasteiger partial charge in [0, 0.05) is 31.9 Å². The predicted octanol–water partition coefficient (Wildman–Crippen LogP) is 3.60. The highest BCUT2D eigenvalue weighted by Gasteiger charge is 2.24. The van der Waals surface area contributed by atoms with E-state index in [0.29, 0.717) is 17.9 Å². The molecule has 1 saturated heterocycles. The molecule has 0 radical (unpaired) electrons. The maximum absolute atomic E-state index is 13.2. The van der Waals surface area contributed by atoms with E-state index in [1.165, 1.54) is 24.3 Å². The summed E-state index contributed by atoms with van der Waals surface area (Å²) in [5.41, 5.74) is 9.17. The zero-order valence-corrected chi connectivity index (χ0v) is 15.9. The number of rotatable bonds is 4. The highest BCUT2D eigenvalue weighted by molar-refractivity contribution is 5.69. The number of hydrogen-bond donors (Lipinski definition) is 1. The van der Waals surface area contributed by atoms with Crippen molar-refractivity contribution in [1.29, 1.82) is 5.26 Å². The summed E-state index contributed by atoms with van der Waals surface area (Å²) in [6.07, 6.45) is 0. The topological polar surface area (TPSA) is 61.2 Å². The Morgan fingerprint density at radius 3 is 2.00 bits per heavy atom. The summed E-state index contributed by atoms with van der Waals surface area (Å²) in [5, 5.41) is 9.55. The number of nitrogens with two attached hydrogens (primary N) is 1. The fraction of sp³-hybridized carbons (Fsp3) is 0.227. The molecule has 0 aliphatic carbocycles. The lowest BCUT2D eigenvalue weighted by Crippen LogP contribution is -2.47. The molecule has 2 N–H and O–H groups in total. The number of benzene rings is 2. The highest BCUT2D eigenvalue weighted by atomic mass is 19.1. The zero-order valence-electron chi connectivity index (χ0n) is 15.9. The van der Waals surface area contributed by atoms with E-state index in [0.717, 1.165) is 43.2 Å². The Labute approximate surface area is 168 Å². The lowest BCUT2D eigenvalue weighted by atomic mass is 10.2. The van der Waals surface area contributed by atoms with Crippen molar-refractivity contribution in [3.05, 3.63) is 77.5 Å². The molecular weight excluding hydrogens is 372 g/mol. The van der Waals surface area contributed by atoms with Crippen LogP contribution >= 0.6 is 0 Å². The second kappa shape index (κ2) is 7.84. The number of nitrogens with zero attached hydrogens (tertiary/aromatic N) is 4. The van der Waals surface area contributed by atoms with E-state index in [-0.39, 0.29) is 11.6 Å². The van der Waals surface area contributed by atoms with Crippen LogP contribution in [0.15, 0.2) is 54.6 Å². The molecule has 2 heterocycles. The maximum atomic E-state index is 13.2. The number of nitrogen functional groups attached to an aromatic ring is 1. The molecule has 4 rings (SSSR count). The average molecular weight is 393 g/mol. The van der Waals surface area contributed by atoms with Gasteiger partial charge in [-0.1, -0.05) is 12.1 Å². The van der Waals surface area contributed by atoms with Gasteiger partial charge >= 0.3 is 0 Å². The molecule has 1 fully saturated rings. The van der Waals surface area contributed by atoms with Crippen molar-refractivity contribution in [1.82, 2.24) is 4.57 Å². The van der Waals surface area contributed by atoms with Crippen LogP contribution in [-0.4, -0.2) is 30.7 Å². The van der Waals surface area contributed by atoms with Crippen molar-refractivity contribution in [3.63, 3.8) is 0 Å². The van der Waals surface area contributed by atoms with Crippen LogP contribution in [0.4, 0.5) is 26.0 Å². The molecule has 1 aliphatic rings. The Morgan fingerprint density at radius 2 is 1.41 bits per heavy atom. The van der Waals surface area contributed by atoms with Gasteiger partial charge in [0.25, 0.3) is 0 Å². The van der Waals surface area contributed by atoms with Gasteiger partial charge in [0.1, 0.15) is 29.2 Å². The van der Waals surface area contributed by atoms with Crippen LogP contribution in [0.25, 0.3) is 0 Å². The predicted molar refractivity (Wildman–Crippen MR) is 110 cm³/mol. The summed E-state index contributed by atoms with van der Waals surface area (Å²) in [6, 6.07) is 16.6. The quantitative estimate of drug-likeness (QED) is 0.736. The van der Waals surface area contributed by atoms with Gasteiger partial charge in [-0.05, 0) is 48.0 Å². The fourth-order valence-electron chi connectivity index (χ4n) is 3.77. The minimum atomic E-state index is -0.293. The van der Waals surface area contributed by atoms with Crippen LogP contribution in [0.3, 0.4) is 0 Å². The molecule has 0 amide bonds. The van der Waals surface area contributed by atoms with Crippen LogP contribution in [-0.2, 0) is 6.54 Å². The second-order valence-electron chi connectivity index (χ2n) is 7.08. The summed E-state index contributed by atoms with van der Waals surface area (Å²) in [7, 11) is 0. The number of aromatic nitrogens is 1. The first-order valence-electron chi connectivity index (χ1n) is 9.44. The van der Waals surface area contributed by atoms with Gasteiger partial charge < -0.3 is 20.1 Å². The van der Waals surface area contributed by atoms with Crippen molar-refractivity contribution < 1.29 is 8.78 Å². The summed E-state index contributed by atoms with van der Waals surface area (Å²) in [5.74, 6) is 0.269. The smallest absolute Gasteiger partial charge is 0.133 e. The van der Waals surface area contributed by atoms with Crippen LogP contribution in [0.1, 0.15) is 11.3 Å². The van der Waals surface area contributed by atoms with Gasteiger partial charge in [0.15, 0.2) is 0 Å². The summed E-state index contributed by atoms with van der Waals surface area (Å²) < 4.78 is 28.3. The molecule has 0 saturated carbocycles. The molecule has 0 unspecified atom stereocenters. The van der Waals surface area contributed by atoms with E-state index >= 15 is 0 Å². The van der Waals surface area contributed by atoms with E-state index in [9.17, 15) is 14.0 Å². The Hall–Kier alpha value is -3.53. The van der Waals surface area contributed by atoms with Gasteiger partial charge in [-0.25, -0.2) is 8.78 Å². The Balaban J connectivity index is 1.55. The largest absolute Gasteiger partial charge is 0.396 e. The number of halogens is 2. The molecule has 1 aromatic heterocycles. The highest BCUT2D eigenvalue weighted by Crippen LogP contribution is 2.30. The molecule has 148 valence electrons. The van der Waals surface area contributed by atoms with Gasteiger partial charge in [0.2, 0.25) is 0 Å². The zero-order chi connectivity index (χ0) is 20.4. The van der Waals surface area contributed by atoms with Crippen LogP contribution in [0.2, 0.25) is 0 Å². The average Bonchev–Trinajstić information content (AvgIpc) is 3.05. The van der Waals surface area contributed by atoms with Crippen molar-refractivity contribution >= 4 is 17.2 Å². The molecule has 2 aromatic carbocycles. The maximum Gasteiger partial charge on any atom is 0.133 e. The molecule has 29 heavy (non-hydrogen) atoms. The first kappa shape index (κ1) is 18.8. The molecule has 1 aliphatic heterocycles. The third-order valence-corrected chi connectivity index (χ3v) is 5.24. The van der Waals surface area contributed by atoms with Crippen molar-refractivity contribution in [2.75, 3.05) is 41.7 Å². The van der Waals surface area contributed by atoms with Crippen LogP contribution in [0.5, 0.6) is 0 Å². The first-order chi connectivity index (χ1) is 14.0. The number of piperazine rings is 1. The van der Waals surface area contributed by atoms with E-state index in [2.05, 4.69) is 15.9 Å². The van der Waals surface area contributed by atoms with Gasteiger partial charge in [0.05, 0.1) is 12.2 Å². The van der Waals surface area contributed by atoms with Gasteiger partial charge in [-0.15, -0.1) is 0 Å². The van der Waals surface area contributed by atoms with E-state index < -0.39 is 0 Å². The molecule has 0 spiro atoms. The fourth-order valence-corrected chi connectivity index (χ4v) is 3.77. The normalized spacial score (nSPS) is 14.1. The third kappa shape index (κ3) is 3.87. The molecule has 3 aromatic rings. The monoisotopic (exact) mass is 393 g/mol. The number of hydrogen-bond acceptors (Lipinski definition) is 4. The Bertz CT molecular complexity index is 1030. The third-order valence-electron chi connectivity index (χ3n) is 5.24. The van der Waals surface area contributed by atoms with E-state index in [1.807, 2.05) is 4.57 Å². The number of nitriles is 1. The lowest BCUT2D eigenvalue weighted by Gasteiger charge is -2.38. The molecule has 0 atom stereocenters. The van der Waals surface area contributed by atoms with Crippen molar-refractivity contribution in [2.45, 2.75) is 6.54 Å². The van der Waals surface area contributed by atoms with E-state index in [1.54, 1.807) is 30.3 Å². The van der Waals surface area contributed by atoms with E-state index in [4.69, 9.17) is 5.73 Å². The van der Waals surface area contributed by atoms with Crippen LogP contribution in [0, 0.1) is 23.0 Å². The van der Waals surface area contributed by atoms with Crippen molar-refractivity contribution in [2.24, 2.45) is 0 Å². The van der Waals surface area contributed by atoms with Crippen molar-refractivity contribution in [3.8, 4) is 6.07 Å². The minimum Gasteiger partial charge on any atom is -0.396 e. The summed E-state index contributed by atoms with van der Waals surface area (Å²) in [4.78, 5) is 4.37. The Morgan fingerprint density at radius 1 is 0.862 bits per heavy atom. The molecule has 7 heteroatoms. The molecule has 0 bridgehead atoms. The summed E-state index contributed by atoms with van der Waals surface area (Å²) >= 11 is 0. The summed E-state index contributed by atoms with van der Waals surface area (Å²) in [6.45, 7) is 3.40. The van der Waals surface area contributed by atoms with Gasteiger partial charge in [-0.2, -0.15) is 5.26 Å². The SMILES string of the molecule is N#Cc1cc(N)c(N2CCN(c3ccc(F)cc3)CC2)n1Cc1ccc(F)cc1. The second-order valence-corrected chi connectivity index (χ2v) is 7.08. The Kier molecular flexibility index (Phi) is 5.09. The molecular formula is C22H21F2N5. The number of anilines is 3. The lowest BCUT2D eigenvalue weighted by molar-refractivity contribution is 0.619. The minimum absolute atomic E-state index is 0.247. The molecule has 5 nitrogen and oxygen atoms in total. The standard InChI is InChI=1S/C22H21F2N5/c23-17-3-1-16(2-4-17)15-29-20(14-25)13-21(26)22(29)28-11-9-27(10-12-28)19-7-5-18(24)6-8-19/h1-8,13H,9-12,15,26H2. The first-order valence-corrected chi connectivity index (χ1v) is 9.44. The van der Waals surface area contributed by atoms with Crippen LogP contribution < -0.4 is 15.5 Å².